The molecule has 0 bridgehead atoms. The largest absolute Gasteiger partial charge is 0.333 e. The standard InChI is InChI=1S/C11H21N2O2/c1-11(2,3)12-10(15)13-6-4-9(8-14)5-7-13/h9H,4-8H2,1-3H3,(H,12,15). The van der Waals surface area contributed by atoms with Crippen LogP contribution in [0.4, 0.5) is 4.79 Å². The maximum absolute atomic E-state index is 11.7. The van der Waals surface area contributed by atoms with Gasteiger partial charge in [-0.3, -0.25) is 0 Å². The Bertz CT molecular complexity index is 215. The smallest absolute Gasteiger partial charge is 0.317 e. The second kappa shape index (κ2) is 4.84. The average molecular weight is 213 g/mol. The lowest BCUT2D eigenvalue weighted by Gasteiger charge is -2.33. The summed E-state index contributed by atoms with van der Waals surface area (Å²) in [5, 5.41) is 13.6. The Morgan fingerprint density at radius 3 is 2.27 bits per heavy atom. The molecule has 1 N–H and O–H groups in total. The number of amides is 2. The van der Waals surface area contributed by atoms with Gasteiger partial charge in [-0.05, 0) is 39.5 Å². The van der Waals surface area contributed by atoms with Crippen LogP contribution in [0.1, 0.15) is 33.6 Å². The predicted octanol–water partition coefficient (Wildman–Crippen LogP) is 1.64. The molecule has 1 radical (unpaired) electrons. The van der Waals surface area contributed by atoms with E-state index in [1.165, 1.54) is 0 Å². The van der Waals surface area contributed by atoms with Crippen molar-refractivity contribution in [1.82, 2.24) is 10.2 Å². The van der Waals surface area contributed by atoms with Crippen LogP contribution in [0.15, 0.2) is 0 Å². The monoisotopic (exact) mass is 213 g/mol. The lowest BCUT2D eigenvalue weighted by atomic mass is 9.98. The lowest BCUT2D eigenvalue weighted by Crippen LogP contribution is -2.50. The highest BCUT2D eigenvalue weighted by atomic mass is 16.3. The van der Waals surface area contributed by atoms with Crippen molar-refractivity contribution in [3.8, 4) is 0 Å². The highest BCUT2D eigenvalue weighted by Crippen LogP contribution is 2.16. The number of carbonyl (C=O) groups excluding carboxylic acids is 1. The summed E-state index contributed by atoms with van der Waals surface area (Å²) in [6.07, 6.45) is 1.70. The molecule has 2 amide bonds. The van der Waals surface area contributed by atoms with Gasteiger partial charge in [0.15, 0.2) is 0 Å². The van der Waals surface area contributed by atoms with Gasteiger partial charge in [-0.25, -0.2) is 9.90 Å². The molecule has 0 aromatic carbocycles. The normalized spacial score (nSPS) is 19.1. The van der Waals surface area contributed by atoms with E-state index in [4.69, 9.17) is 0 Å². The van der Waals surface area contributed by atoms with Gasteiger partial charge in [0.2, 0.25) is 0 Å². The first kappa shape index (κ1) is 12.3. The SMILES string of the molecule is CC(C)(C)NC(=O)N1CCC(C[O])CC1. The van der Waals surface area contributed by atoms with Crippen molar-refractivity contribution in [2.45, 2.75) is 39.2 Å². The number of carbonyl (C=O) groups is 1. The van der Waals surface area contributed by atoms with Crippen LogP contribution < -0.4 is 5.32 Å². The van der Waals surface area contributed by atoms with Gasteiger partial charge in [0.05, 0.1) is 6.61 Å². The molecule has 1 aliphatic heterocycles. The second-order valence-corrected chi connectivity index (χ2v) is 5.28. The number of rotatable bonds is 1. The molecule has 0 atom stereocenters. The van der Waals surface area contributed by atoms with Gasteiger partial charge in [0.25, 0.3) is 0 Å². The van der Waals surface area contributed by atoms with Gasteiger partial charge >= 0.3 is 6.03 Å². The fourth-order valence-corrected chi connectivity index (χ4v) is 1.70. The molecule has 1 saturated heterocycles. The Balaban J connectivity index is 2.37. The first-order chi connectivity index (χ1) is 6.92. The topological polar surface area (TPSA) is 52.2 Å². The Morgan fingerprint density at radius 2 is 1.87 bits per heavy atom. The van der Waals surface area contributed by atoms with Gasteiger partial charge < -0.3 is 10.2 Å². The molecule has 87 valence electrons. The van der Waals surface area contributed by atoms with Crippen LogP contribution in [0.25, 0.3) is 0 Å². The van der Waals surface area contributed by atoms with Crippen molar-refractivity contribution in [3.05, 3.63) is 0 Å². The van der Waals surface area contributed by atoms with E-state index in [0.717, 1.165) is 25.9 Å². The van der Waals surface area contributed by atoms with E-state index < -0.39 is 0 Å². The molecule has 4 heteroatoms. The van der Waals surface area contributed by atoms with E-state index in [0.29, 0.717) is 0 Å². The van der Waals surface area contributed by atoms with E-state index in [2.05, 4.69) is 5.32 Å². The van der Waals surface area contributed by atoms with Crippen molar-refractivity contribution in [2.24, 2.45) is 5.92 Å². The minimum atomic E-state index is -0.188. The van der Waals surface area contributed by atoms with Crippen LogP contribution in [0.5, 0.6) is 0 Å². The first-order valence-electron chi connectivity index (χ1n) is 5.57. The molecule has 0 unspecified atom stereocenters. The van der Waals surface area contributed by atoms with Crippen LogP contribution in [-0.4, -0.2) is 36.2 Å². The quantitative estimate of drug-likeness (QED) is 0.707. The highest BCUT2D eigenvalue weighted by molar-refractivity contribution is 5.75. The van der Waals surface area contributed by atoms with Crippen LogP contribution in [-0.2, 0) is 5.11 Å². The number of hydrogen-bond donors (Lipinski definition) is 1. The summed E-state index contributed by atoms with van der Waals surface area (Å²) in [5.74, 6) is 0.267. The van der Waals surface area contributed by atoms with E-state index in [1.807, 2.05) is 20.8 Å². The van der Waals surface area contributed by atoms with Gasteiger partial charge in [0.1, 0.15) is 0 Å². The number of hydrogen-bond acceptors (Lipinski definition) is 1. The third kappa shape index (κ3) is 4.08. The fourth-order valence-electron chi connectivity index (χ4n) is 1.70. The zero-order valence-corrected chi connectivity index (χ0v) is 9.88. The molecule has 0 saturated carbocycles. The molecule has 1 fully saturated rings. The second-order valence-electron chi connectivity index (χ2n) is 5.28. The summed E-state index contributed by atoms with van der Waals surface area (Å²) in [4.78, 5) is 13.5. The van der Waals surface area contributed by atoms with Gasteiger partial charge in [-0.2, -0.15) is 0 Å². The number of nitrogens with one attached hydrogen (secondary N) is 1. The van der Waals surface area contributed by atoms with Crippen LogP contribution in [0.2, 0.25) is 0 Å². The Hall–Kier alpha value is -0.770. The van der Waals surface area contributed by atoms with E-state index >= 15 is 0 Å². The van der Waals surface area contributed by atoms with Crippen molar-refractivity contribution >= 4 is 6.03 Å². The number of urea groups is 1. The minimum absolute atomic E-state index is 0.00523. The number of likely N-dealkylation sites (tertiary alicyclic amines) is 1. The van der Waals surface area contributed by atoms with Crippen molar-refractivity contribution in [2.75, 3.05) is 19.7 Å². The molecule has 1 aliphatic rings. The molecule has 0 aliphatic carbocycles. The zero-order valence-electron chi connectivity index (χ0n) is 9.88. The maximum atomic E-state index is 11.7. The summed E-state index contributed by atoms with van der Waals surface area (Å²) in [5.41, 5.74) is -0.188. The minimum Gasteiger partial charge on any atom is -0.333 e. The third-order valence-corrected chi connectivity index (χ3v) is 2.62. The summed E-state index contributed by atoms with van der Waals surface area (Å²) in [7, 11) is 0. The molecular formula is C11H21N2O2. The molecular weight excluding hydrogens is 192 g/mol. The van der Waals surface area contributed by atoms with Crippen LogP contribution in [0, 0.1) is 5.92 Å². The maximum Gasteiger partial charge on any atom is 0.317 e. The first-order valence-corrected chi connectivity index (χ1v) is 5.57. The Kier molecular flexibility index (Phi) is 3.97. The van der Waals surface area contributed by atoms with Crippen LogP contribution in [0.3, 0.4) is 0 Å². The molecule has 0 spiro atoms. The molecule has 0 aromatic heterocycles. The average Bonchev–Trinajstić information content (AvgIpc) is 2.15. The fraction of sp³-hybridized carbons (Fsp3) is 0.909. The Morgan fingerprint density at radius 1 is 1.33 bits per heavy atom. The molecule has 0 aromatic rings. The van der Waals surface area contributed by atoms with Gasteiger partial charge in [-0.15, -0.1) is 0 Å². The summed E-state index contributed by atoms with van der Waals surface area (Å²) in [6.45, 7) is 7.33. The van der Waals surface area contributed by atoms with Gasteiger partial charge in [-0.1, -0.05) is 0 Å². The third-order valence-electron chi connectivity index (χ3n) is 2.62. The lowest BCUT2D eigenvalue weighted by molar-refractivity contribution is 0.0973. The molecule has 15 heavy (non-hydrogen) atoms. The van der Waals surface area contributed by atoms with Crippen molar-refractivity contribution in [1.29, 1.82) is 0 Å². The van der Waals surface area contributed by atoms with E-state index in [-0.39, 0.29) is 24.1 Å². The number of piperidine rings is 1. The van der Waals surface area contributed by atoms with E-state index in [9.17, 15) is 9.90 Å². The highest BCUT2D eigenvalue weighted by Gasteiger charge is 2.24. The summed E-state index contributed by atoms with van der Waals surface area (Å²) in [6, 6.07) is -0.00755. The predicted molar refractivity (Wildman–Crippen MR) is 58.1 cm³/mol. The Labute approximate surface area is 91.6 Å². The zero-order chi connectivity index (χ0) is 11.5. The van der Waals surface area contributed by atoms with Crippen LogP contribution >= 0.6 is 0 Å². The van der Waals surface area contributed by atoms with Gasteiger partial charge in [0, 0.05) is 18.6 Å². The molecule has 1 rings (SSSR count). The van der Waals surface area contributed by atoms with Crippen molar-refractivity contribution in [3.63, 3.8) is 0 Å². The number of nitrogens with zero attached hydrogens (tertiary/aromatic N) is 1. The molecule has 1 heterocycles. The summed E-state index contributed by atoms with van der Waals surface area (Å²) < 4.78 is 0. The van der Waals surface area contributed by atoms with E-state index in [1.54, 1.807) is 4.90 Å². The molecule has 4 nitrogen and oxygen atoms in total. The van der Waals surface area contributed by atoms with Crippen molar-refractivity contribution < 1.29 is 9.90 Å². The summed E-state index contributed by atoms with van der Waals surface area (Å²) >= 11 is 0.